The minimum atomic E-state index is 0.336. The highest BCUT2D eigenvalue weighted by atomic mass is 15.1. The molecular formula is C10H19N. The molecule has 0 atom stereocenters. The van der Waals surface area contributed by atoms with E-state index in [1.54, 1.807) is 0 Å². The molecule has 0 bridgehead atoms. The third-order valence-electron chi connectivity index (χ3n) is 1.93. The topological polar surface area (TPSA) is 3.24 Å². The van der Waals surface area contributed by atoms with Crippen LogP contribution in [0.1, 0.15) is 33.6 Å². The quantitative estimate of drug-likeness (QED) is 0.560. The molecule has 1 aliphatic rings. The molecule has 0 aliphatic carbocycles. The Morgan fingerprint density at radius 2 is 1.64 bits per heavy atom. The van der Waals surface area contributed by atoms with Crippen molar-refractivity contribution < 1.29 is 0 Å². The first-order valence-corrected chi connectivity index (χ1v) is 4.51. The van der Waals surface area contributed by atoms with Gasteiger partial charge in [-0.3, -0.25) is 0 Å². The van der Waals surface area contributed by atoms with Crippen molar-refractivity contribution in [2.75, 3.05) is 13.1 Å². The fourth-order valence-electron chi connectivity index (χ4n) is 1.22. The molecule has 0 aromatic rings. The fourth-order valence-corrected chi connectivity index (χ4v) is 1.22. The van der Waals surface area contributed by atoms with Crippen LogP contribution in [0.3, 0.4) is 0 Å². The van der Waals surface area contributed by atoms with E-state index in [4.69, 9.17) is 0 Å². The van der Waals surface area contributed by atoms with Crippen LogP contribution in [0.15, 0.2) is 12.3 Å². The number of rotatable bonds is 1. The van der Waals surface area contributed by atoms with Gasteiger partial charge in [-0.2, -0.15) is 0 Å². The van der Waals surface area contributed by atoms with Gasteiger partial charge in [0.15, 0.2) is 0 Å². The number of hydrogen-bond acceptors (Lipinski definition) is 1. The monoisotopic (exact) mass is 153 g/mol. The van der Waals surface area contributed by atoms with E-state index in [1.807, 2.05) is 0 Å². The zero-order chi connectivity index (χ0) is 8.32. The first kappa shape index (κ1) is 8.63. The van der Waals surface area contributed by atoms with Gasteiger partial charge in [-0.05, 0) is 24.5 Å². The minimum Gasteiger partial charge on any atom is -0.378 e. The van der Waals surface area contributed by atoms with Gasteiger partial charge in [0.2, 0.25) is 0 Å². The third-order valence-corrected chi connectivity index (χ3v) is 1.93. The predicted octanol–water partition coefficient (Wildman–Crippen LogP) is 2.64. The standard InChI is InChI=1S/C10H19N/c1-10(2,3)6-9-11-7-4-5-8-11/h6,9H,4-5,7-8H2,1-3H3/b9-6+. The van der Waals surface area contributed by atoms with Gasteiger partial charge in [-0.1, -0.05) is 26.8 Å². The molecule has 1 saturated heterocycles. The number of allylic oxidation sites excluding steroid dienone is 1. The van der Waals surface area contributed by atoms with Crippen LogP contribution in [0.25, 0.3) is 0 Å². The molecule has 0 amide bonds. The summed E-state index contributed by atoms with van der Waals surface area (Å²) < 4.78 is 0. The Labute approximate surface area is 70.1 Å². The van der Waals surface area contributed by atoms with Crippen LogP contribution >= 0.6 is 0 Å². The van der Waals surface area contributed by atoms with Crippen molar-refractivity contribution in [2.24, 2.45) is 5.41 Å². The maximum absolute atomic E-state index is 2.41. The van der Waals surface area contributed by atoms with Crippen molar-refractivity contribution in [1.29, 1.82) is 0 Å². The smallest absolute Gasteiger partial charge is 0.0173 e. The highest BCUT2D eigenvalue weighted by molar-refractivity contribution is 4.93. The summed E-state index contributed by atoms with van der Waals surface area (Å²) in [4.78, 5) is 2.41. The average molecular weight is 153 g/mol. The number of nitrogens with zero attached hydrogens (tertiary/aromatic N) is 1. The van der Waals surface area contributed by atoms with Gasteiger partial charge in [0.1, 0.15) is 0 Å². The molecular weight excluding hydrogens is 134 g/mol. The molecule has 1 fully saturated rings. The Morgan fingerprint density at radius 1 is 1.09 bits per heavy atom. The fraction of sp³-hybridized carbons (Fsp3) is 0.800. The lowest BCUT2D eigenvalue weighted by atomic mass is 9.97. The highest BCUT2D eigenvalue weighted by Crippen LogP contribution is 2.16. The summed E-state index contributed by atoms with van der Waals surface area (Å²) in [5.74, 6) is 0. The summed E-state index contributed by atoms with van der Waals surface area (Å²) in [6.45, 7) is 9.22. The lowest BCUT2D eigenvalue weighted by Crippen LogP contribution is -2.12. The van der Waals surface area contributed by atoms with E-state index in [-0.39, 0.29) is 0 Å². The van der Waals surface area contributed by atoms with Gasteiger partial charge in [0.05, 0.1) is 0 Å². The van der Waals surface area contributed by atoms with E-state index in [9.17, 15) is 0 Å². The Morgan fingerprint density at radius 3 is 2.09 bits per heavy atom. The van der Waals surface area contributed by atoms with Gasteiger partial charge < -0.3 is 4.90 Å². The summed E-state index contributed by atoms with van der Waals surface area (Å²) in [6, 6.07) is 0. The largest absolute Gasteiger partial charge is 0.378 e. The molecule has 0 aromatic carbocycles. The highest BCUT2D eigenvalue weighted by Gasteiger charge is 2.09. The third kappa shape index (κ3) is 3.45. The Hall–Kier alpha value is -0.460. The lowest BCUT2D eigenvalue weighted by molar-refractivity contribution is 0.449. The SMILES string of the molecule is CC(C)(C)/C=C/N1CCCC1. The molecule has 0 N–H and O–H groups in total. The van der Waals surface area contributed by atoms with Crippen molar-refractivity contribution in [3.8, 4) is 0 Å². The van der Waals surface area contributed by atoms with Crippen LogP contribution in [0.5, 0.6) is 0 Å². The van der Waals surface area contributed by atoms with Crippen molar-refractivity contribution in [2.45, 2.75) is 33.6 Å². The van der Waals surface area contributed by atoms with Gasteiger partial charge in [0.25, 0.3) is 0 Å². The van der Waals surface area contributed by atoms with Crippen molar-refractivity contribution >= 4 is 0 Å². The van der Waals surface area contributed by atoms with E-state index >= 15 is 0 Å². The molecule has 1 heteroatoms. The summed E-state index contributed by atoms with van der Waals surface area (Å²) in [5.41, 5.74) is 0.336. The molecule has 0 spiro atoms. The van der Waals surface area contributed by atoms with Crippen LogP contribution in [0.2, 0.25) is 0 Å². The van der Waals surface area contributed by atoms with Gasteiger partial charge in [0, 0.05) is 13.1 Å². The summed E-state index contributed by atoms with van der Waals surface area (Å²) in [5, 5.41) is 0. The summed E-state index contributed by atoms with van der Waals surface area (Å²) >= 11 is 0. The molecule has 0 aromatic heterocycles. The van der Waals surface area contributed by atoms with Crippen molar-refractivity contribution in [3.05, 3.63) is 12.3 Å². The van der Waals surface area contributed by atoms with E-state index in [2.05, 4.69) is 37.9 Å². The molecule has 0 saturated carbocycles. The average Bonchev–Trinajstić information content (AvgIpc) is 2.32. The van der Waals surface area contributed by atoms with Crippen LogP contribution in [-0.2, 0) is 0 Å². The Balaban J connectivity index is 2.34. The minimum absolute atomic E-state index is 0.336. The zero-order valence-electron chi connectivity index (χ0n) is 7.93. The second kappa shape index (κ2) is 3.29. The molecule has 1 heterocycles. The van der Waals surface area contributed by atoms with Gasteiger partial charge in [-0.15, -0.1) is 0 Å². The van der Waals surface area contributed by atoms with E-state index in [1.165, 1.54) is 25.9 Å². The van der Waals surface area contributed by atoms with Gasteiger partial charge >= 0.3 is 0 Å². The maximum atomic E-state index is 2.41. The second-order valence-corrected chi connectivity index (χ2v) is 4.42. The first-order valence-electron chi connectivity index (χ1n) is 4.51. The van der Waals surface area contributed by atoms with E-state index in [0.29, 0.717) is 5.41 Å². The second-order valence-electron chi connectivity index (χ2n) is 4.42. The van der Waals surface area contributed by atoms with Crippen LogP contribution in [-0.4, -0.2) is 18.0 Å². The molecule has 11 heavy (non-hydrogen) atoms. The van der Waals surface area contributed by atoms with Crippen LogP contribution in [0.4, 0.5) is 0 Å². The molecule has 1 aliphatic heterocycles. The molecule has 1 rings (SSSR count). The van der Waals surface area contributed by atoms with Crippen LogP contribution in [0, 0.1) is 5.41 Å². The number of hydrogen-bond donors (Lipinski definition) is 0. The van der Waals surface area contributed by atoms with Crippen molar-refractivity contribution in [1.82, 2.24) is 4.90 Å². The van der Waals surface area contributed by atoms with E-state index < -0.39 is 0 Å². The van der Waals surface area contributed by atoms with E-state index in [0.717, 1.165) is 0 Å². The Bertz CT molecular complexity index is 135. The number of likely N-dealkylation sites (tertiary alicyclic amines) is 1. The molecule has 1 nitrogen and oxygen atoms in total. The zero-order valence-corrected chi connectivity index (χ0v) is 7.93. The van der Waals surface area contributed by atoms with Crippen molar-refractivity contribution in [3.63, 3.8) is 0 Å². The predicted molar refractivity (Wildman–Crippen MR) is 49.4 cm³/mol. The first-order chi connectivity index (χ1) is 5.08. The molecule has 0 unspecified atom stereocenters. The molecule has 0 radical (unpaired) electrons. The Kier molecular flexibility index (Phi) is 2.58. The molecule has 64 valence electrons. The maximum Gasteiger partial charge on any atom is 0.0173 e. The van der Waals surface area contributed by atoms with Gasteiger partial charge in [-0.25, -0.2) is 0 Å². The normalized spacial score (nSPS) is 20.1. The van der Waals surface area contributed by atoms with Crippen LogP contribution < -0.4 is 0 Å². The lowest BCUT2D eigenvalue weighted by Gasteiger charge is -2.16. The summed E-state index contributed by atoms with van der Waals surface area (Å²) in [7, 11) is 0. The summed E-state index contributed by atoms with van der Waals surface area (Å²) in [6.07, 6.45) is 7.29.